The maximum Gasteiger partial charge on any atom is 0.330 e. The van der Waals surface area contributed by atoms with Crippen molar-refractivity contribution in [3.05, 3.63) is 23.3 Å². The highest BCUT2D eigenvalue weighted by molar-refractivity contribution is 5.81. The Kier molecular flexibility index (Phi) is 4.98. The molecule has 1 aliphatic rings. The number of hydrogen-bond donors (Lipinski definition) is 0. The molecule has 0 aromatic carbocycles. The highest BCUT2D eigenvalue weighted by atomic mass is 16.5. The Morgan fingerprint density at radius 2 is 2.18 bits per heavy atom. The zero-order valence-corrected chi connectivity index (χ0v) is 11.5. The predicted molar refractivity (Wildman–Crippen MR) is 70.7 cm³/mol. The molecule has 1 aliphatic carbocycles. The van der Waals surface area contributed by atoms with E-state index in [1.165, 1.54) is 30.4 Å². The van der Waals surface area contributed by atoms with Crippen LogP contribution in [0.2, 0.25) is 0 Å². The minimum Gasteiger partial charge on any atom is -0.463 e. The fourth-order valence-electron chi connectivity index (χ4n) is 2.59. The molecule has 0 unspecified atom stereocenters. The molecule has 0 bridgehead atoms. The summed E-state index contributed by atoms with van der Waals surface area (Å²) < 4.78 is 4.87. The number of esters is 1. The van der Waals surface area contributed by atoms with Gasteiger partial charge in [0.25, 0.3) is 0 Å². The van der Waals surface area contributed by atoms with Gasteiger partial charge in [-0.25, -0.2) is 4.79 Å². The molecule has 2 nitrogen and oxygen atoms in total. The Labute approximate surface area is 105 Å². The van der Waals surface area contributed by atoms with Crippen LogP contribution >= 0.6 is 0 Å². The molecule has 96 valence electrons. The van der Waals surface area contributed by atoms with E-state index in [9.17, 15) is 4.79 Å². The van der Waals surface area contributed by atoms with Crippen molar-refractivity contribution in [3.63, 3.8) is 0 Å². The van der Waals surface area contributed by atoms with Crippen LogP contribution in [0.1, 0.15) is 53.4 Å². The molecule has 0 N–H and O–H groups in total. The van der Waals surface area contributed by atoms with Crippen molar-refractivity contribution in [2.45, 2.75) is 53.4 Å². The quantitative estimate of drug-likeness (QED) is 0.418. The summed E-state index contributed by atoms with van der Waals surface area (Å²) in [6.45, 7) is 9.07. The van der Waals surface area contributed by atoms with Crippen LogP contribution < -0.4 is 0 Å². The average Bonchev–Trinajstić information content (AvgIpc) is 2.22. The average molecular weight is 236 g/mol. The molecule has 0 spiro atoms. The summed E-state index contributed by atoms with van der Waals surface area (Å²) >= 11 is 0. The molecule has 0 aromatic heterocycles. The van der Waals surface area contributed by atoms with Crippen LogP contribution in [0, 0.1) is 5.41 Å². The summed E-state index contributed by atoms with van der Waals surface area (Å²) in [4.78, 5) is 11.2. The number of allylic oxidation sites excluding steroid dienone is 3. The first-order chi connectivity index (χ1) is 7.97. The third kappa shape index (κ3) is 4.03. The van der Waals surface area contributed by atoms with E-state index in [1.807, 2.05) is 13.0 Å². The van der Waals surface area contributed by atoms with Gasteiger partial charge in [0.1, 0.15) is 0 Å². The standard InChI is InChI=1S/C15H24O2/c1-5-17-14(16)10-6-9-13-12(2)8-7-11-15(13,3)4/h6,10H,5,7-9,11H2,1-4H3. The second-order valence-electron chi connectivity index (χ2n) is 5.35. The third-order valence-electron chi connectivity index (χ3n) is 3.55. The van der Waals surface area contributed by atoms with E-state index in [0.29, 0.717) is 6.61 Å². The van der Waals surface area contributed by atoms with Crippen LogP contribution in [0.3, 0.4) is 0 Å². The normalized spacial score (nSPS) is 19.8. The molecule has 0 aromatic rings. The lowest BCUT2D eigenvalue weighted by Crippen LogP contribution is -2.20. The van der Waals surface area contributed by atoms with Gasteiger partial charge in [-0.1, -0.05) is 31.1 Å². The van der Waals surface area contributed by atoms with Crippen molar-refractivity contribution < 1.29 is 9.53 Å². The summed E-state index contributed by atoms with van der Waals surface area (Å²) in [6.07, 6.45) is 8.08. The topological polar surface area (TPSA) is 26.3 Å². The molecule has 17 heavy (non-hydrogen) atoms. The fourth-order valence-corrected chi connectivity index (χ4v) is 2.59. The van der Waals surface area contributed by atoms with Crippen molar-refractivity contribution in [1.29, 1.82) is 0 Å². The van der Waals surface area contributed by atoms with Crippen LogP contribution in [-0.4, -0.2) is 12.6 Å². The Morgan fingerprint density at radius 1 is 1.47 bits per heavy atom. The minimum absolute atomic E-state index is 0.237. The molecule has 0 radical (unpaired) electrons. The molecule has 1 rings (SSSR count). The second kappa shape index (κ2) is 6.04. The Balaban J connectivity index is 2.64. The van der Waals surface area contributed by atoms with Crippen molar-refractivity contribution in [3.8, 4) is 0 Å². The van der Waals surface area contributed by atoms with E-state index in [2.05, 4.69) is 20.8 Å². The van der Waals surface area contributed by atoms with Crippen molar-refractivity contribution >= 4 is 5.97 Å². The Hall–Kier alpha value is -1.05. The molecular weight excluding hydrogens is 212 g/mol. The predicted octanol–water partition coefficient (Wildman–Crippen LogP) is 4.02. The first kappa shape index (κ1) is 14.0. The van der Waals surface area contributed by atoms with Crippen molar-refractivity contribution in [1.82, 2.24) is 0 Å². The first-order valence-corrected chi connectivity index (χ1v) is 6.49. The summed E-state index contributed by atoms with van der Waals surface area (Å²) in [6, 6.07) is 0. The van der Waals surface area contributed by atoms with Gasteiger partial charge in [0.2, 0.25) is 0 Å². The van der Waals surface area contributed by atoms with E-state index in [1.54, 1.807) is 6.08 Å². The van der Waals surface area contributed by atoms with Gasteiger partial charge in [-0.05, 0) is 44.9 Å². The molecule has 0 saturated carbocycles. The number of hydrogen-bond acceptors (Lipinski definition) is 2. The lowest BCUT2D eigenvalue weighted by Gasteiger charge is -2.34. The smallest absolute Gasteiger partial charge is 0.330 e. The highest BCUT2D eigenvalue weighted by Crippen LogP contribution is 2.41. The SMILES string of the molecule is CCOC(=O)C=CCC1=C(C)CCCC1(C)C. The van der Waals surface area contributed by atoms with Gasteiger partial charge in [0.15, 0.2) is 0 Å². The largest absolute Gasteiger partial charge is 0.463 e. The second-order valence-corrected chi connectivity index (χ2v) is 5.35. The monoisotopic (exact) mass is 236 g/mol. The molecule has 0 aliphatic heterocycles. The van der Waals surface area contributed by atoms with Gasteiger partial charge in [0.05, 0.1) is 6.61 Å². The minimum atomic E-state index is -0.237. The Bertz CT molecular complexity index is 335. The van der Waals surface area contributed by atoms with Crippen LogP contribution in [0.4, 0.5) is 0 Å². The van der Waals surface area contributed by atoms with Crippen LogP contribution in [0.5, 0.6) is 0 Å². The number of rotatable bonds is 4. The van der Waals surface area contributed by atoms with E-state index >= 15 is 0 Å². The molecule has 0 fully saturated rings. The summed E-state index contributed by atoms with van der Waals surface area (Å²) in [5, 5.41) is 0. The molecule has 0 saturated heterocycles. The highest BCUT2D eigenvalue weighted by Gasteiger charge is 2.27. The van der Waals surface area contributed by atoms with Gasteiger partial charge < -0.3 is 4.74 Å². The lowest BCUT2D eigenvalue weighted by molar-refractivity contribution is -0.137. The third-order valence-corrected chi connectivity index (χ3v) is 3.55. The van der Waals surface area contributed by atoms with Crippen LogP contribution in [0.15, 0.2) is 23.3 Å². The van der Waals surface area contributed by atoms with E-state index in [-0.39, 0.29) is 11.4 Å². The van der Waals surface area contributed by atoms with Gasteiger partial charge in [-0.15, -0.1) is 0 Å². The molecular formula is C15H24O2. The fraction of sp³-hybridized carbons (Fsp3) is 0.667. The van der Waals surface area contributed by atoms with Gasteiger partial charge in [0, 0.05) is 6.08 Å². The Morgan fingerprint density at radius 3 is 2.76 bits per heavy atom. The lowest BCUT2D eigenvalue weighted by atomic mass is 9.71. The number of carbonyl (C=O) groups excluding carboxylic acids is 1. The zero-order chi connectivity index (χ0) is 12.9. The van der Waals surface area contributed by atoms with Gasteiger partial charge in [-0.2, -0.15) is 0 Å². The molecule has 0 heterocycles. The van der Waals surface area contributed by atoms with Gasteiger partial charge >= 0.3 is 5.97 Å². The van der Waals surface area contributed by atoms with Crippen molar-refractivity contribution in [2.75, 3.05) is 6.61 Å². The van der Waals surface area contributed by atoms with Crippen LogP contribution in [-0.2, 0) is 9.53 Å². The number of ether oxygens (including phenoxy) is 1. The summed E-state index contributed by atoms with van der Waals surface area (Å²) in [7, 11) is 0. The van der Waals surface area contributed by atoms with Gasteiger partial charge in [-0.3, -0.25) is 0 Å². The van der Waals surface area contributed by atoms with E-state index in [4.69, 9.17) is 4.74 Å². The van der Waals surface area contributed by atoms with E-state index in [0.717, 1.165) is 6.42 Å². The molecule has 0 amide bonds. The summed E-state index contributed by atoms with van der Waals surface area (Å²) in [5.74, 6) is -0.237. The summed E-state index contributed by atoms with van der Waals surface area (Å²) in [5.41, 5.74) is 3.26. The maximum absolute atomic E-state index is 11.2. The molecule has 2 heteroatoms. The van der Waals surface area contributed by atoms with Crippen LogP contribution in [0.25, 0.3) is 0 Å². The zero-order valence-electron chi connectivity index (χ0n) is 11.5. The van der Waals surface area contributed by atoms with Crippen molar-refractivity contribution in [2.24, 2.45) is 5.41 Å². The maximum atomic E-state index is 11.2. The van der Waals surface area contributed by atoms with E-state index < -0.39 is 0 Å². The first-order valence-electron chi connectivity index (χ1n) is 6.49. The number of carbonyl (C=O) groups is 1. The molecule has 0 atom stereocenters.